The summed E-state index contributed by atoms with van der Waals surface area (Å²) >= 11 is 0. The number of nitro benzene ring substituents is 1. The number of rotatable bonds is 5. The third-order valence-corrected chi connectivity index (χ3v) is 4.06. The molecular weight excluding hydrogens is 310 g/mol. The Balaban J connectivity index is 2.37. The van der Waals surface area contributed by atoms with Crippen molar-refractivity contribution >= 4 is 27.1 Å². The van der Waals surface area contributed by atoms with E-state index in [0.29, 0.717) is 0 Å². The van der Waals surface area contributed by atoms with Crippen LogP contribution in [0.1, 0.15) is 32.1 Å². The zero-order valence-corrected chi connectivity index (χ0v) is 13.1. The summed E-state index contributed by atoms with van der Waals surface area (Å²) in [6, 6.07) is 2.40. The summed E-state index contributed by atoms with van der Waals surface area (Å²) in [6.07, 6.45) is 5.79. The van der Waals surface area contributed by atoms with E-state index in [2.05, 4.69) is 4.72 Å². The van der Waals surface area contributed by atoms with E-state index in [-0.39, 0.29) is 28.9 Å². The van der Waals surface area contributed by atoms with E-state index in [1.165, 1.54) is 12.1 Å². The van der Waals surface area contributed by atoms with Gasteiger partial charge in [-0.2, -0.15) is 0 Å². The number of nitrogens with one attached hydrogen (secondary N) is 1. The van der Waals surface area contributed by atoms with Gasteiger partial charge in [0.15, 0.2) is 5.75 Å². The molecule has 8 nitrogen and oxygen atoms in total. The molecule has 0 unspecified atom stereocenters. The molecule has 0 radical (unpaired) electrons. The molecule has 1 saturated carbocycles. The molecule has 3 N–H and O–H groups in total. The average Bonchev–Trinajstić information content (AvgIpc) is 2.40. The van der Waals surface area contributed by atoms with E-state index < -0.39 is 14.9 Å². The van der Waals surface area contributed by atoms with E-state index in [4.69, 9.17) is 10.5 Å². The molecule has 1 aliphatic carbocycles. The van der Waals surface area contributed by atoms with Crippen molar-refractivity contribution in [2.45, 2.75) is 38.2 Å². The van der Waals surface area contributed by atoms with Crippen molar-refractivity contribution in [2.24, 2.45) is 0 Å². The largest absolute Gasteiger partial charge is 0.488 e. The first kappa shape index (κ1) is 16.3. The molecule has 0 aromatic heterocycles. The summed E-state index contributed by atoms with van der Waals surface area (Å²) in [5.74, 6) is 0.137. The Hall–Kier alpha value is -2.03. The Morgan fingerprint density at radius 1 is 1.32 bits per heavy atom. The molecular formula is C13H19N3O5S. The van der Waals surface area contributed by atoms with Gasteiger partial charge >= 0.3 is 0 Å². The van der Waals surface area contributed by atoms with Crippen molar-refractivity contribution < 1.29 is 18.1 Å². The Morgan fingerprint density at radius 3 is 2.50 bits per heavy atom. The molecule has 1 fully saturated rings. The number of nitrogen functional groups attached to an aromatic ring is 1. The number of sulfonamides is 1. The standard InChI is InChI=1S/C13H19N3O5S/c1-22(19,20)15-11-7-10(14)12(16(17)18)8-13(11)21-9-5-3-2-4-6-9/h7-9,15H,2-6,14H2,1H3. The first-order chi connectivity index (χ1) is 10.3. The Labute approximate surface area is 128 Å². The zero-order chi connectivity index (χ0) is 16.3. The summed E-state index contributed by atoms with van der Waals surface area (Å²) in [5.41, 5.74) is 5.31. The monoisotopic (exact) mass is 329 g/mol. The number of anilines is 2. The molecule has 22 heavy (non-hydrogen) atoms. The molecule has 122 valence electrons. The minimum atomic E-state index is -3.55. The van der Waals surface area contributed by atoms with Crippen molar-refractivity contribution in [2.75, 3.05) is 16.7 Å². The predicted molar refractivity (Wildman–Crippen MR) is 83.5 cm³/mol. The molecule has 1 aromatic carbocycles. The highest BCUT2D eigenvalue weighted by Gasteiger charge is 2.22. The second-order valence-electron chi connectivity index (χ2n) is 5.42. The fraction of sp³-hybridized carbons (Fsp3) is 0.538. The maximum atomic E-state index is 11.4. The summed E-state index contributed by atoms with van der Waals surface area (Å²) in [6.45, 7) is 0. The van der Waals surface area contributed by atoms with Gasteiger partial charge in [0, 0.05) is 0 Å². The van der Waals surface area contributed by atoms with Gasteiger partial charge in [0.1, 0.15) is 5.69 Å². The van der Waals surface area contributed by atoms with Crippen LogP contribution in [-0.2, 0) is 10.0 Å². The van der Waals surface area contributed by atoms with E-state index in [0.717, 1.165) is 38.4 Å². The lowest BCUT2D eigenvalue weighted by atomic mass is 9.98. The van der Waals surface area contributed by atoms with Crippen LogP contribution in [0.4, 0.5) is 17.1 Å². The first-order valence-corrected chi connectivity index (χ1v) is 8.88. The van der Waals surface area contributed by atoms with Crippen LogP contribution < -0.4 is 15.2 Å². The van der Waals surface area contributed by atoms with Gasteiger partial charge in [-0.3, -0.25) is 14.8 Å². The maximum absolute atomic E-state index is 11.4. The van der Waals surface area contributed by atoms with Crippen LogP contribution in [0.15, 0.2) is 12.1 Å². The van der Waals surface area contributed by atoms with E-state index >= 15 is 0 Å². The summed E-state index contributed by atoms with van der Waals surface area (Å²) in [7, 11) is -3.55. The molecule has 0 atom stereocenters. The number of benzene rings is 1. The lowest BCUT2D eigenvalue weighted by Gasteiger charge is -2.24. The minimum Gasteiger partial charge on any atom is -0.488 e. The van der Waals surface area contributed by atoms with Crippen LogP contribution in [0.3, 0.4) is 0 Å². The van der Waals surface area contributed by atoms with Crippen molar-refractivity contribution in [3.63, 3.8) is 0 Å². The quantitative estimate of drug-likeness (QED) is 0.485. The van der Waals surface area contributed by atoms with Crippen molar-refractivity contribution in [3.05, 3.63) is 22.2 Å². The van der Waals surface area contributed by atoms with E-state index in [1.54, 1.807) is 0 Å². The molecule has 0 spiro atoms. The van der Waals surface area contributed by atoms with Crippen LogP contribution >= 0.6 is 0 Å². The van der Waals surface area contributed by atoms with Gasteiger partial charge in [0.05, 0.1) is 29.0 Å². The van der Waals surface area contributed by atoms with Gasteiger partial charge in [0.2, 0.25) is 10.0 Å². The highest BCUT2D eigenvalue weighted by Crippen LogP contribution is 2.37. The molecule has 0 saturated heterocycles. The van der Waals surface area contributed by atoms with E-state index in [9.17, 15) is 18.5 Å². The van der Waals surface area contributed by atoms with Crippen LogP contribution in [0, 0.1) is 10.1 Å². The lowest BCUT2D eigenvalue weighted by molar-refractivity contribution is -0.384. The van der Waals surface area contributed by atoms with Gasteiger partial charge in [-0.15, -0.1) is 0 Å². The zero-order valence-electron chi connectivity index (χ0n) is 12.2. The minimum absolute atomic E-state index is 0.0721. The number of nitrogens with zero attached hydrogens (tertiary/aromatic N) is 1. The molecule has 0 amide bonds. The summed E-state index contributed by atoms with van der Waals surface area (Å²) in [5, 5.41) is 11.0. The molecule has 1 aromatic rings. The van der Waals surface area contributed by atoms with Gasteiger partial charge < -0.3 is 10.5 Å². The third-order valence-electron chi connectivity index (χ3n) is 3.47. The fourth-order valence-electron chi connectivity index (χ4n) is 2.48. The smallest absolute Gasteiger partial charge is 0.295 e. The molecule has 1 aliphatic rings. The number of hydrogen-bond acceptors (Lipinski definition) is 6. The van der Waals surface area contributed by atoms with Crippen molar-refractivity contribution in [1.82, 2.24) is 0 Å². The second kappa shape index (κ2) is 6.39. The number of ether oxygens (including phenoxy) is 1. The number of nitro groups is 1. The van der Waals surface area contributed by atoms with Crippen LogP contribution in [0.25, 0.3) is 0 Å². The number of hydrogen-bond donors (Lipinski definition) is 2. The SMILES string of the molecule is CS(=O)(=O)Nc1cc(N)c([N+](=O)[O-])cc1OC1CCCCC1. The average molecular weight is 329 g/mol. The second-order valence-corrected chi connectivity index (χ2v) is 7.16. The van der Waals surface area contributed by atoms with Crippen molar-refractivity contribution in [3.8, 4) is 5.75 Å². The topological polar surface area (TPSA) is 125 Å². The Bertz CT molecular complexity index is 668. The number of nitrogens with two attached hydrogens (primary N) is 1. The Morgan fingerprint density at radius 2 is 1.95 bits per heavy atom. The third kappa shape index (κ3) is 4.23. The van der Waals surface area contributed by atoms with Crippen LogP contribution in [-0.4, -0.2) is 25.7 Å². The van der Waals surface area contributed by atoms with Gasteiger partial charge in [0.25, 0.3) is 5.69 Å². The van der Waals surface area contributed by atoms with Gasteiger partial charge in [-0.1, -0.05) is 6.42 Å². The Kier molecular flexibility index (Phi) is 4.74. The van der Waals surface area contributed by atoms with E-state index in [1.807, 2.05) is 0 Å². The molecule has 9 heteroatoms. The van der Waals surface area contributed by atoms with Gasteiger partial charge in [-0.05, 0) is 31.7 Å². The van der Waals surface area contributed by atoms with Crippen molar-refractivity contribution in [1.29, 1.82) is 0 Å². The molecule has 0 heterocycles. The molecule has 0 aliphatic heterocycles. The highest BCUT2D eigenvalue weighted by atomic mass is 32.2. The van der Waals surface area contributed by atoms with Crippen LogP contribution in [0.2, 0.25) is 0 Å². The lowest BCUT2D eigenvalue weighted by Crippen LogP contribution is -2.21. The normalized spacial score (nSPS) is 16.2. The summed E-state index contributed by atoms with van der Waals surface area (Å²) in [4.78, 5) is 10.4. The first-order valence-electron chi connectivity index (χ1n) is 6.98. The molecule has 2 rings (SSSR count). The maximum Gasteiger partial charge on any atom is 0.295 e. The highest BCUT2D eigenvalue weighted by molar-refractivity contribution is 7.92. The summed E-state index contributed by atoms with van der Waals surface area (Å²) < 4.78 is 30.9. The molecule has 0 bridgehead atoms. The van der Waals surface area contributed by atoms with Gasteiger partial charge in [-0.25, -0.2) is 8.42 Å². The predicted octanol–water partition coefficient (Wildman–Crippen LogP) is 2.26. The van der Waals surface area contributed by atoms with Crippen LogP contribution in [0.5, 0.6) is 5.75 Å². The fourth-order valence-corrected chi connectivity index (χ4v) is 3.04.